The van der Waals surface area contributed by atoms with Crippen LogP contribution in [0.1, 0.15) is 39.5 Å². The van der Waals surface area contributed by atoms with Crippen molar-refractivity contribution < 1.29 is 14.6 Å². The Morgan fingerprint density at radius 1 is 1.42 bits per heavy atom. The van der Waals surface area contributed by atoms with Gasteiger partial charge in [-0.1, -0.05) is 26.2 Å². The maximum absolute atomic E-state index is 11.8. The molecule has 1 amide bonds. The van der Waals surface area contributed by atoms with E-state index in [1.165, 1.54) is 12.8 Å². The molecule has 2 atom stereocenters. The number of amides is 1. The van der Waals surface area contributed by atoms with Crippen molar-refractivity contribution in [1.29, 1.82) is 0 Å². The molecular formula is C14H30N2O3. The van der Waals surface area contributed by atoms with Gasteiger partial charge >= 0.3 is 0 Å². The van der Waals surface area contributed by atoms with E-state index in [2.05, 4.69) is 12.2 Å². The molecule has 0 aliphatic carbocycles. The lowest BCUT2D eigenvalue weighted by Crippen LogP contribution is -2.42. The van der Waals surface area contributed by atoms with Gasteiger partial charge in [-0.15, -0.1) is 0 Å². The Balaban J connectivity index is 3.77. The van der Waals surface area contributed by atoms with E-state index >= 15 is 0 Å². The van der Waals surface area contributed by atoms with Gasteiger partial charge in [0.15, 0.2) is 0 Å². The van der Waals surface area contributed by atoms with Crippen molar-refractivity contribution in [3.63, 3.8) is 0 Å². The van der Waals surface area contributed by atoms with Crippen molar-refractivity contribution in [2.45, 2.75) is 51.7 Å². The van der Waals surface area contributed by atoms with Crippen molar-refractivity contribution in [3.8, 4) is 0 Å². The van der Waals surface area contributed by atoms with E-state index in [4.69, 9.17) is 4.74 Å². The third kappa shape index (κ3) is 10.9. The molecule has 0 aromatic heterocycles. The zero-order chi connectivity index (χ0) is 14.7. The number of carbonyl (C=O) groups excluding carboxylic acids is 1. The molecule has 0 saturated carbocycles. The Bertz CT molecular complexity index is 237. The fourth-order valence-electron chi connectivity index (χ4n) is 2.01. The predicted molar refractivity (Wildman–Crippen MR) is 77.1 cm³/mol. The Kier molecular flexibility index (Phi) is 10.8. The molecule has 19 heavy (non-hydrogen) atoms. The molecule has 0 aliphatic heterocycles. The highest BCUT2D eigenvalue weighted by Gasteiger charge is 2.12. The van der Waals surface area contributed by atoms with Crippen LogP contribution in [0.5, 0.6) is 0 Å². The Hall–Kier alpha value is -0.650. The van der Waals surface area contributed by atoms with Crippen molar-refractivity contribution in [1.82, 2.24) is 10.2 Å². The third-order valence-electron chi connectivity index (χ3n) is 2.94. The SMILES string of the molecule is CCCCCC(C)NC(=O)CN(C)CC(O)COC. The summed E-state index contributed by atoms with van der Waals surface area (Å²) in [4.78, 5) is 13.6. The minimum atomic E-state index is -0.551. The lowest BCUT2D eigenvalue weighted by atomic mass is 10.1. The van der Waals surface area contributed by atoms with Gasteiger partial charge in [-0.05, 0) is 20.4 Å². The van der Waals surface area contributed by atoms with Crippen LogP contribution in [0.15, 0.2) is 0 Å². The van der Waals surface area contributed by atoms with Gasteiger partial charge in [0, 0.05) is 19.7 Å². The van der Waals surface area contributed by atoms with E-state index in [-0.39, 0.29) is 11.9 Å². The molecule has 0 radical (unpaired) electrons. The largest absolute Gasteiger partial charge is 0.389 e. The summed E-state index contributed by atoms with van der Waals surface area (Å²) in [6.45, 7) is 5.24. The quantitative estimate of drug-likeness (QED) is 0.552. The maximum atomic E-state index is 11.8. The van der Waals surface area contributed by atoms with Crippen LogP contribution >= 0.6 is 0 Å². The second-order valence-corrected chi connectivity index (χ2v) is 5.27. The van der Waals surface area contributed by atoms with Crippen LogP contribution in [0.2, 0.25) is 0 Å². The molecule has 0 aromatic rings. The minimum Gasteiger partial charge on any atom is -0.389 e. The molecule has 5 heteroatoms. The summed E-state index contributed by atoms with van der Waals surface area (Å²) < 4.78 is 4.85. The summed E-state index contributed by atoms with van der Waals surface area (Å²) in [7, 11) is 3.37. The van der Waals surface area contributed by atoms with E-state index < -0.39 is 6.10 Å². The van der Waals surface area contributed by atoms with Gasteiger partial charge in [-0.3, -0.25) is 9.69 Å². The number of nitrogens with zero attached hydrogens (tertiary/aromatic N) is 1. The van der Waals surface area contributed by atoms with Gasteiger partial charge < -0.3 is 15.2 Å². The van der Waals surface area contributed by atoms with Crippen LogP contribution in [0.3, 0.4) is 0 Å². The molecule has 2 N–H and O–H groups in total. The van der Waals surface area contributed by atoms with Crippen LogP contribution < -0.4 is 5.32 Å². The number of hydrogen-bond donors (Lipinski definition) is 2. The number of likely N-dealkylation sites (N-methyl/N-ethyl adjacent to an activating group) is 1. The monoisotopic (exact) mass is 274 g/mol. The van der Waals surface area contributed by atoms with Gasteiger partial charge in [-0.2, -0.15) is 0 Å². The predicted octanol–water partition coefficient (Wildman–Crippen LogP) is 1.01. The number of nitrogens with one attached hydrogen (secondary N) is 1. The smallest absolute Gasteiger partial charge is 0.234 e. The molecule has 2 unspecified atom stereocenters. The number of hydrogen-bond acceptors (Lipinski definition) is 4. The van der Waals surface area contributed by atoms with E-state index in [1.54, 1.807) is 12.0 Å². The molecule has 114 valence electrons. The van der Waals surface area contributed by atoms with Crippen LogP contribution in [0, 0.1) is 0 Å². The molecule has 0 fully saturated rings. The van der Waals surface area contributed by atoms with Crippen LogP contribution in [0.25, 0.3) is 0 Å². The number of ether oxygens (including phenoxy) is 1. The summed E-state index contributed by atoms with van der Waals surface area (Å²) in [6, 6.07) is 0.219. The molecule has 0 heterocycles. The lowest BCUT2D eigenvalue weighted by molar-refractivity contribution is -0.122. The van der Waals surface area contributed by atoms with Gasteiger partial charge in [0.2, 0.25) is 5.91 Å². The highest BCUT2D eigenvalue weighted by atomic mass is 16.5. The van der Waals surface area contributed by atoms with Crippen molar-refractivity contribution in [2.75, 3.05) is 33.9 Å². The maximum Gasteiger partial charge on any atom is 0.234 e. The molecular weight excluding hydrogens is 244 g/mol. The van der Waals surface area contributed by atoms with Gasteiger partial charge in [-0.25, -0.2) is 0 Å². The van der Waals surface area contributed by atoms with Crippen LogP contribution in [0.4, 0.5) is 0 Å². The fraction of sp³-hybridized carbons (Fsp3) is 0.929. The molecule has 0 saturated heterocycles. The average Bonchev–Trinajstić information content (AvgIpc) is 2.28. The van der Waals surface area contributed by atoms with Gasteiger partial charge in [0.1, 0.15) is 0 Å². The molecule has 0 aliphatic rings. The van der Waals surface area contributed by atoms with E-state index in [1.807, 2.05) is 14.0 Å². The molecule has 0 bridgehead atoms. The topological polar surface area (TPSA) is 61.8 Å². The first-order chi connectivity index (χ1) is 8.99. The Morgan fingerprint density at radius 3 is 2.68 bits per heavy atom. The standard InChI is InChI=1S/C14H30N2O3/c1-5-6-7-8-12(2)15-14(18)10-16(3)9-13(17)11-19-4/h12-13,17H,5-11H2,1-4H3,(H,15,18). The van der Waals surface area contributed by atoms with E-state index in [0.29, 0.717) is 19.7 Å². The van der Waals surface area contributed by atoms with E-state index in [9.17, 15) is 9.90 Å². The van der Waals surface area contributed by atoms with Crippen molar-refractivity contribution in [3.05, 3.63) is 0 Å². The lowest BCUT2D eigenvalue weighted by Gasteiger charge is -2.21. The summed E-state index contributed by atoms with van der Waals surface area (Å²) in [5, 5.41) is 12.5. The van der Waals surface area contributed by atoms with Crippen molar-refractivity contribution in [2.24, 2.45) is 0 Å². The molecule has 0 spiro atoms. The zero-order valence-corrected chi connectivity index (χ0v) is 12.8. The highest BCUT2D eigenvalue weighted by Crippen LogP contribution is 2.02. The molecule has 0 rings (SSSR count). The first-order valence-corrected chi connectivity index (χ1v) is 7.14. The number of unbranched alkanes of at least 4 members (excludes halogenated alkanes) is 2. The minimum absolute atomic E-state index is 0.0103. The number of aliphatic hydroxyl groups is 1. The number of aliphatic hydroxyl groups excluding tert-OH is 1. The fourth-order valence-corrected chi connectivity index (χ4v) is 2.01. The Labute approximate surface area is 117 Å². The van der Waals surface area contributed by atoms with E-state index in [0.717, 1.165) is 12.8 Å². The molecule has 5 nitrogen and oxygen atoms in total. The average molecular weight is 274 g/mol. The normalized spacial score (nSPS) is 14.4. The molecule has 0 aromatic carbocycles. The Morgan fingerprint density at radius 2 is 2.11 bits per heavy atom. The van der Waals surface area contributed by atoms with Gasteiger partial charge in [0.05, 0.1) is 19.3 Å². The second kappa shape index (κ2) is 11.2. The second-order valence-electron chi connectivity index (χ2n) is 5.27. The summed E-state index contributed by atoms with van der Waals surface area (Å²) in [5.74, 6) is 0.0103. The number of methoxy groups -OCH3 is 1. The summed E-state index contributed by atoms with van der Waals surface area (Å²) in [6.07, 6.45) is 4.03. The number of rotatable bonds is 11. The third-order valence-corrected chi connectivity index (χ3v) is 2.94. The zero-order valence-electron chi connectivity index (χ0n) is 12.8. The van der Waals surface area contributed by atoms with Crippen LogP contribution in [-0.2, 0) is 9.53 Å². The van der Waals surface area contributed by atoms with Gasteiger partial charge in [0.25, 0.3) is 0 Å². The first-order valence-electron chi connectivity index (χ1n) is 7.14. The number of carbonyl (C=O) groups is 1. The summed E-state index contributed by atoms with van der Waals surface area (Å²) in [5.41, 5.74) is 0. The van der Waals surface area contributed by atoms with Crippen LogP contribution in [-0.4, -0.2) is 61.9 Å². The van der Waals surface area contributed by atoms with Crippen molar-refractivity contribution >= 4 is 5.91 Å². The summed E-state index contributed by atoms with van der Waals surface area (Å²) >= 11 is 0. The first kappa shape index (κ1) is 18.4. The highest BCUT2D eigenvalue weighted by molar-refractivity contribution is 5.78.